The normalized spacial score (nSPS) is 22.9. The minimum atomic E-state index is 0.704. The summed E-state index contributed by atoms with van der Waals surface area (Å²) in [4.78, 5) is 2.53. The fourth-order valence-corrected chi connectivity index (χ4v) is 2.43. The first-order valence-corrected chi connectivity index (χ1v) is 6.12. The molecule has 0 saturated carbocycles. The molecule has 1 atom stereocenters. The van der Waals surface area contributed by atoms with Crippen molar-refractivity contribution in [2.45, 2.75) is 38.8 Å². The molecule has 1 aliphatic heterocycles. The van der Waals surface area contributed by atoms with Crippen molar-refractivity contribution in [1.29, 1.82) is 0 Å². The van der Waals surface area contributed by atoms with Gasteiger partial charge in [-0.15, -0.1) is 0 Å². The summed E-state index contributed by atoms with van der Waals surface area (Å²) in [7, 11) is 0. The number of hydrogen-bond donors (Lipinski definition) is 0. The molecule has 0 bridgehead atoms. The first kappa shape index (κ1) is 11.0. The highest BCUT2D eigenvalue weighted by Crippen LogP contribution is 2.22. The SMILES string of the molecule is CC1CCCCN1Cc1ccccc1Cl. The van der Waals surface area contributed by atoms with Gasteiger partial charge in [0.05, 0.1) is 0 Å². The Hall–Kier alpha value is -0.530. The van der Waals surface area contributed by atoms with Crippen LogP contribution >= 0.6 is 11.6 Å². The molecule has 1 nitrogen and oxygen atoms in total. The molecule has 15 heavy (non-hydrogen) atoms. The van der Waals surface area contributed by atoms with Gasteiger partial charge in [0.2, 0.25) is 0 Å². The summed E-state index contributed by atoms with van der Waals surface area (Å²) in [5, 5.41) is 0.898. The van der Waals surface area contributed by atoms with Gasteiger partial charge in [0, 0.05) is 17.6 Å². The molecule has 82 valence electrons. The van der Waals surface area contributed by atoms with Gasteiger partial charge in [-0.25, -0.2) is 0 Å². The fourth-order valence-electron chi connectivity index (χ4n) is 2.24. The Morgan fingerprint density at radius 1 is 1.33 bits per heavy atom. The van der Waals surface area contributed by atoms with Gasteiger partial charge in [0.15, 0.2) is 0 Å². The summed E-state index contributed by atoms with van der Waals surface area (Å²) in [6, 6.07) is 8.87. The van der Waals surface area contributed by atoms with Crippen LogP contribution in [0.4, 0.5) is 0 Å². The maximum atomic E-state index is 6.16. The lowest BCUT2D eigenvalue weighted by molar-refractivity contribution is 0.152. The summed E-state index contributed by atoms with van der Waals surface area (Å²) in [6.07, 6.45) is 4.03. The molecule has 0 aromatic heterocycles. The lowest BCUT2D eigenvalue weighted by atomic mass is 10.0. The predicted octanol–water partition coefficient (Wildman–Crippen LogP) is 3.71. The van der Waals surface area contributed by atoms with Crippen LogP contribution in [0.3, 0.4) is 0 Å². The zero-order chi connectivity index (χ0) is 10.7. The molecule has 0 spiro atoms. The highest BCUT2D eigenvalue weighted by Gasteiger charge is 2.18. The molecule has 2 rings (SSSR count). The van der Waals surface area contributed by atoms with Crippen molar-refractivity contribution in [3.63, 3.8) is 0 Å². The van der Waals surface area contributed by atoms with Gasteiger partial charge in [-0.2, -0.15) is 0 Å². The van der Waals surface area contributed by atoms with Crippen LogP contribution < -0.4 is 0 Å². The Labute approximate surface area is 97.0 Å². The summed E-state index contributed by atoms with van der Waals surface area (Å²) in [5.74, 6) is 0. The van der Waals surface area contributed by atoms with E-state index in [0.717, 1.165) is 11.6 Å². The van der Waals surface area contributed by atoms with E-state index in [0.29, 0.717) is 6.04 Å². The van der Waals surface area contributed by atoms with Crippen molar-refractivity contribution in [3.05, 3.63) is 34.9 Å². The van der Waals surface area contributed by atoms with Crippen molar-refractivity contribution >= 4 is 11.6 Å². The summed E-state index contributed by atoms with van der Waals surface area (Å²) >= 11 is 6.16. The second-order valence-corrected chi connectivity index (χ2v) is 4.81. The maximum absolute atomic E-state index is 6.16. The van der Waals surface area contributed by atoms with E-state index in [4.69, 9.17) is 11.6 Å². The number of benzene rings is 1. The number of halogens is 1. The molecule has 0 N–H and O–H groups in total. The summed E-state index contributed by atoms with van der Waals surface area (Å²) < 4.78 is 0. The van der Waals surface area contributed by atoms with Gasteiger partial charge in [-0.3, -0.25) is 4.90 Å². The van der Waals surface area contributed by atoms with Crippen LogP contribution in [0.15, 0.2) is 24.3 Å². The average Bonchev–Trinajstić information content (AvgIpc) is 2.24. The van der Waals surface area contributed by atoms with Crippen LogP contribution in [0.1, 0.15) is 31.7 Å². The molecular weight excluding hydrogens is 206 g/mol. The third-order valence-electron chi connectivity index (χ3n) is 3.27. The highest BCUT2D eigenvalue weighted by molar-refractivity contribution is 6.31. The Kier molecular flexibility index (Phi) is 3.66. The minimum absolute atomic E-state index is 0.704. The van der Waals surface area contributed by atoms with Crippen LogP contribution in [0.5, 0.6) is 0 Å². The standard InChI is InChI=1S/C13H18ClN/c1-11-6-4-5-9-15(11)10-12-7-2-3-8-13(12)14/h2-3,7-8,11H,4-6,9-10H2,1H3. The molecule has 1 unspecified atom stereocenters. The van der Waals surface area contributed by atoms with Crippen molar-refractivity contribution in [2.75, 3.05) is 6.54 Å². The van der Waals surface area contributed by atoms with E-state index in [-0.39, 0.29) is 0 Å². The van der Waals surface area contributed by atoms with Crippen LogP contribution in [0, 0.1) is 0 Å². The second-order valence-electron chi connectivity index (χ2n) is 4.41. The maximum Gasteiger partial charge on any atom is 0.0451 e. The van der Waals surface area contributed by atoms with Crippen molar-refractivity contribution in [3.8, 4) is 0 Å². The van der Waals surface area contributed by atoms with Crippen molar-refractivity contribution in [1.82, 2.24) is 4.90 Å². The van der Waals surface area contributed by atoms with Crippen LogP contribution in [0.2, 0.25) is 5.02 Å². The number of rotatable bonds is 2. The molecule has 1 aromatic carbocycles. The van der Waals surface area contributed by atoms with Gasteiger partial charge >= 0.3 is 0 Å². The van der Waals surface area contributed by atoms with Crippen LogP contribution in [-0.2, 0) is 6.54 Å². The van der Waals surface area contributed by atoms with E-state index in [9.17, 15) is 0 Å². The molecule has 2 heteroatoms. The molecule has 0 radical (unpaired) electrons. The number of nitrogens with zero attached hydrogens (tertiary/aromatic N) is 1. The topological polar surface area (TPSA) is 3.24 Å². The van der Waals surface area contributed by atoms with E-state index in [1.54, 1.807) is 0 Å². The Balaban J connectivity index is 2.04. The zero-order valence-electron chi connectivity index (χ0n) is 9.25. The van der Waals surface area contributed by atoms with Gasteiger partial charge in [-0.1, -0.05) is 36.2 Å². The highest BCUT2D eigenvalue weighted by atomic mass is 35.5. The van der Waals surface area contributed by atoms with Gasteiger partial charge in [0.25, 0.3) is 0 Å². The predicted molar refractivity (Wildman–Crippen MR) is 65.2 cm³/mol. The van der Waals surface area contributed by atoms with Crippen LogP contribution in [-0.4, -0.2) is 17.5 Å². The molecule has 1 fully saturated rings. The number of likely N-dealkylation sites (tertiary alicyclic amines) is 1. The van der Waals surface area contributed by atoms with E-state index in [1.165, 1.54) is 31.4 Å². The quantitative estimate of drug-likeness (QED) is 0.739. The van der Waals surface area contributed by atoms with Crippen molar-refractivity contribution in [2.24, 2.45) is 0 Å². The van der Waals surface area contributed by atoms with Gasteiger partial charge in [-0.05, 0) is 37.9 Å². The lowest BCUT2D eigenvalue weighted by Crippen LogP contribution is -2.36. The molecule has 0 aliphatic carbocycles. The zero-order valence-corrected chi connectivity index (χ0v) is 10.0. The lowest BCUT2D eigenvalue weighted by Gasteiger charge is -2.33. The van der Waals surface area contributed by atoms with Crippen molar-refractivity contribution < 1.29 is 0 Å². The third kappa shape index (κ3) is 2.73. The Morgan fingerprint density at radius 2 is 2.13 bits per heavy atom. The monoisotopic (exact) mass is 223 g/mol. The summed E-state index contributed by atoms with van der Waals surface area (Å²) in [5.41, 5.74) is 1.26. The molecule has 1 aliphatic rings. The van der Waals surface area contributed by atoms with E-state index in [1.807, 2.05) is 12.1 Å². The first-order valence-electron chi connectivity index (χ1n) is 5.75. The van der Waals surface area contributed by atoms with Gasteiger partial charge in [0.1, 0.15) is 0 Å². The Bertz CT molecular complexity index is 324. The minimum Gasteiger partial charge on any atom is -0.296 e. The first-order chi connectivity index (χ1) is 7.27. The van der Waals surface area contributed by atoms with Gasteiger partial charge < -0.3 is 0 Å². The average molecular weight is 224 g/mol. The smallest absolute Gasteiger partial charge is 0.0451 e. The van der Waals surface area contributed by atoms with E-state index >= 15 is 0 Å². The third-order valence-corrected chi connectivity index (χ3v) is 3.64. The fraction of sp³-hybridized carbons (Fsp3) is 0.538. The molecule has 1 heterocycles. The molecule has 1 saturated heterocycles. The Morgan fingerprint density at radius 3 is 2.87 bits per heavy atom. The van der Waals surface area contributed by atoms with Crippen LogP contribution in [0.25, 0.3) is 0 Å². The molecular formula is C13H18ClN. The van der Waals surface area contributed by atoms with E-state index in [2.05, 4.69) is 24.0 Å². The summed E-state index contributed by atoms with van der Waals surface area (Å²) in [6.45, 7) is 4.53. The second kappa shape index (κ2) is 5.00. The van der Waals surface area contributed by atoms with E-state index < -0.39 is 0 Å². The molecule has 0 amide bonds. The largest absolute Gasteiger partial charge is 0.296 e. The number of piperidine rings is 1. The number of hydrogen-bond acceptors (Lipinski definition) is 1. The molecule has 1 aromatic rings.